The predicted molar refractivity (Wildman–Crippen MR) is 84.7 cm³/mol. The van der Waals surface area contributed by atoms with Gasteiger partial charge in [-0.15, -0.1) is 0 Å². The molecule has 2 N–H and O–H groups in total. The zero-order valence-electron chi connectivity index (χ0n) is 13.4. The molecule has 1 aliphatic rings. The van der Waals surface area contributed by atoms with Crippen molar-refractivity contribution in [2.24, 2.45) is 5.92 Å². The van der Waals surface area contributed by atoms with E-state index in [9.17, 15) is 13.2 Å². The third kappa shape index (κ3) is 7.13. The molecule has 21 heavy (non-hydrogen) atoms. The van der Waals surface area contributed by atoms with E-state index in [0.717, 1.165) is 6.42 Å². The summed E-state index contributed by atoms with van der Waals surface area (Å²) < 4.78 is 26.2. The molecule has 0 bridgehead atoms. The first kappa shape index (κ1) is 18.2. The lowest BCUT2D eigenvalue weighted by molar-refractivity contribution is 0.179. The van der Waals surface area contributed by atoms with Crippen LogP contribution in [0.1, 0.15) is 46.5 Å². The molecule has 0 radical (unpaired) electrons. The van der Waals surface area contributed by atoms with Crippen LogP contribution in [0, 0.1) is 5.92 Å². The predicted octanol–water partition coefficient (Wildman–Crippen LogP) is 1.54. The van der Waals surface area contributed by atoms with E-state index in [1.54, 1.807) is 4.90 Å². The summed E-state index contributed by atoms with van der Waals surface area (Å²) in [4.78, 5) is 13.7. The lowest BCUT2D eigenvalue weighted by atomic mass is 10.1. The van der Waals surface area contributed by atoms with Crippen LogP contribution < -0.4 is 10.0 Å². The molecular weight excluding hydrogens is 290 g/mol. The average molecular weight is 319 g/mol. The SMILES string of the molecule is CCCS(=O)(=O)NC1CCN(C(=O)NCCC(C)C)CC1. The Morgan fingerprint density at radius 1 is 1.29 bits per heavy atom. The number of nitrogens with one attached hydrogen (secondary N) is 2. The Labute approximate surface area is 128 Å². The van der Waals surface area contributed by atoms with Gasteiger partial charge < -0.3 is 10.2 Å². The van der Waals surface area contributed by atoms with Gasteiger partial charge in [0.25, 0.3) is 0 Å². The van der Waals surface area contributed by atoms with Crippen molar-refractivity contribution in [1.82, 2.24) is 14.9 Å². The largest absolute Gasteiger partial charge is 0.338 e. The molecule has 0 unspecified atom stereocenters. The molecule has 0 aromatic rings. The molecule has 6 nitrogen and oxygen atoms in total. The molecule has 0 spiro atoms. The highest BCUT2D eigenvalue weighted by molar-refractivity contribution is 7.89. The van der Waals surface area contributed by atoms with Crippen LogP contribution in [0.5, 0.6) is 0 Å². The zero-order chi connectivity index (χ0) is 15.9. The van der Waals surface area contributed by atoms with Crippen LogP contribution in [0.3, 0.4) is 0 Å². The Kier molecular flexibility index (Phi) is 7.45. The minimum atomic E-state index is -3.16. The Morgan fingerprint density at radius 2 is 1.90 bits per heavy atom. The van der Waals surface area contributed by atoms with Gasteiger partial charge in [0, 0.05) is 25.7 Å². The Morgan fingerprint density at radius 3 is 2.43 bits per heavy atom. The van der Waals surface area contributed by atoms with Gasteiger partial charge in [0.15, 0.2) is 0 Å². The van der Waals surface area contributed by atoms with Crippen molar-refractivity contribution in [1.29, 1.82) is 0 Å². The van der Waals surface area contributed by atoms with Crippen molar-refractivity contribution >= 4 is 16.1 Å². The number of urea groups is 1. The number of sulfonamides is 1. The van der Waals surface area contributed by atoms with Crippen molar-refractivity contribution in [2.75, 3.05) is 25.4 Å². The van der Waals surface area contributed by atoms with E-state index < -0.39 is 10.0 Å². The van der Waals surface area contributed by atoms with Crippen LogP contribution in [0.4, 0.5) is 4.79 Å². The summed E-state index contributed by atoms with van der Waals surface area (Å²) >= 11 is 0. The summed E-state index contributed by atoms with van der Waals surface area (Å²) in [6.45, 7) is 8.00. The molecule has 0 atom stereocenters. The van der Waals surface area contributed by atoms with Crippen molar-refractivity contribution in [3.63, 3.8) is 0 Å². The topological polar surface area (TPSA) is 78.5 Å². The minimum Gasteiger partial charge on any atom is -0.338 e. The second-order valence-electron chi connectivity index (χ2n) is 6.11. The summed E-state index contributed by atoms with van der Waals surface area (Å²) in [5.74, 6) is 0.743. The van der Waals surface area contributed by atoms with Gasteiger partial charge in [-0.25, -0.2) is 17.9 Å². The number of carbonyl (C=O) groups is 1. The molecule has 2 amide bonds. The molecule has 1 heterocycles. The standard InChI is InChI=1S/C14H29N3O3S/c1-4-11-21(19,20)16-13-6-9-17(10-7-13)14(18)15-8-5-12(2)3/h12-13,16H,4-11H2,1-3H3,(H,15,18). The van der Waals surface area contributed by atoms with E-state index in [0.29, 0.717) is 44.8 Å². The molecule has 0 saturated carbocycles. The second kappa shape index (κ2) is 8.58. The van der Waals surface area contributed by atoms with Crippen molar-refractivity contribution in [2.45, 2.75) is 52.5 Å². The smallest absolute Gasteiger partial charge is 0.317 e. The minimum absolute atomic E-state index is 0.0366. The van der Waals surface area contributed by atoms with E-state index >= 15 is 0 Å². The van der Waals surface area contributed by atoms with Gasteiger partial charge in [-0.3, -0.25) is 0 Å². The Hall–Kier alpha value is -0.820. The summed E-state index contributed by atoms with van der Waals surface area (Å²) in [6, 6.07) is -0.0771. The van der Waals surface area contributed by atoms with Gasteiger partial charge in [-0.1, -0.05) is 20.8 Å². The van der Waals surface area contributed by atoms with Crippen LogP contribution in [0.2, 0.25) is 0 Å². The normalized spacial score (nSPS) is 17.2. The van der Waals surface area contributed by atoms with E-state index in [1.807, 2.05) is 6.92 Å². The number of nitrogens with zero attached hydrogens (tertiary/aromatic N) is 1. The zero-order valence-corrected chi connectivity index (χ0v) is 14.2. The van der Waals surface area contributed by atoms with E-state index in [2.05, 4.69) is 23.9 Å². The fourth-order valence-electron chi connectivity index (χ4n) is 2.36. The van der Waals surface area contributed by atoms with Crippen LogP contribution in [0.25, 0.3) is 0 Å². The van der Waals surface area contributed by atoms with E-state index in [4.69, 9.17) is 0 Å². The van der Waals surface area contributed by atoms with Crippen molar-refractivity contribution in [3.8, 4) is 0 Å². The number of rotatable bonds is 7. The summed E-state index contributed by atoms with van der Waals surface area (Å²) in [6.07, 6.45) is 2.95. The first-order valence-electron chi connectivity index (χ1n) is 7.87. The number of hydrogen-bond donors (Lipinski definition) is 2. The molecule has 1 aliphatic heterocycles. The molecule has 0 aliphatic carbocycles. The monoisotopic (exact) mass is 319 g/mol. The lowest BCUT2D eigenvalue weighted by Crippen LogP contribution is -2.49. The highest BCUT2D eigenvalue weighted by Gasteiger charge is 2.25. The van der Waals surface area contributed by atoms with Gasteiger partial charge in [0.05, 0.1) is 5.75 Å². The molecule has 0 aromatic carbocycles. The highest BCUT2D eigenvalue weighted by atomic mass is 32.2. The van der Waals surface area contributed by atoms with Crippen LogP contribution >= 0.6 is 0 Å². The fraction of sp³-hybridized carbons (Fsp3) is 0.929. The van der Waals surface area contributed by atoms with E-state index in [-0.39, 0.29) is 17.8 Å². The maximum Gasteiger partial charge on any atom is 0.317 e. The maximum atomic E-state index is 12.0. The van der Waals surface area contributed by atoms with Crippen LogP contribution in [-0.2, 0) is 10.0 Å². The quantitative estimate of drug-likeness (QED) is 0.747. The first-order chi connectivity index (χ1) is 9.84. The third-order valence-electron chi connectivity index (χ3n) is 3.60. The Bertz CT molecular complexity index is 415. The molecule has 124 valence electrons. The average Bonchev–Trinajstić information content (AvgIpc) is 2.38. The lowest BCUT2D eigenvalue weighted by Gasteiger charge is -2.32. The Balaban J connectivity index is 2.30. The molecule has 1 rings (SSSR count). The highest BCUT2D eigenvalue weighted by Crippen LogP contribution is 2.12. The van der Waals surface area contributed by atoms with Gasteiger partial charge >= 0.3 is 6.03 Å². The van der Waals surface area contributed by atoms with E-state index in [1.165, 1.54) is 0 Å². The molecule has 0 aromatic heterocycles. The molecule has 7 heteroatoms. The maximum absolute atomic E-state index is 12.0. The second-order valence-corrected chi connectivity index (χ2v) is 7.99. The van der Waals surface area contributed by atoms with Crippen molar-refractivity contribution < 1.29 is 13.2 Å². The molecule has 1 saturated heterocycles. The number of hydrogen-bond acceptors (Lipinski definition) is 3. The van der Waals surface area contributed by atoms with Gasteiger partial charge in [-0.05, 0) is 31.6 Å². The van der Waals surface area contributed by atoms with Gasteiger partial charge in [-0.2, -0.15) is 0 Å². The molecule has 1 fully saturated rings. The summed E-state index contributed by atoms with van der Waals surface area (Å²) in [5.41, 5.74) is 0. The van der Waals surface area contributed by atoms with Gasteiger partial charge in [0.2, 0.25) is 10.0 Å². The molecular formula is C14H29N3O3S. The fourth-order valence-corrected chi connectivity index (χ4v) is 3.76. The van der Waals surface area contributed by atoms with Crippen LogP contribution in [-0.4, -0.2) is 50.8 Å². The first-order valence-corrected chi connectivity index (χ1v) is 9.52. The van der Waals surface area contributed by atoms with Crippen molar-refractivity contribution in [3.05, 3.63) is 0 Å². The number of carbonyl (C=O) groups excluding carboxylic acids is 1. The number of amides is 2. The van der Waals surface area contributed by atoms with Gasteiger partial charge in [0.1, 0.15) is 0 Å². The summed E-state index contributed by atoms with van der Waals surface area (Å²) in [5, 5.41) is 2.92. The number of likely N-dealkylation sites (tertiary alicyclic amines) is 1. The number of piperidine rings is 1. The third-order valence-corrected chi connectivity index (χ3v) is 5.24. The van der Waals surface area contributed by atoms with Crippen LogP contribution in [0.15, 0.2) is 0 Å². The summed E-state index contributed by atoms with van der Waals surface area (Å²) in [7, 11) is -3.16.